The molecule has 0 aliphatic carbocycles. The van der Waals surface area contributed by atoms with Gasteiger partial charge in [0.1, 0.15) is 5.56 Å². The van der Waals surface area contributed by atoms with Gasteiger partial charge in [0.15, 0.2) is 5.82 Å². The number of aromatic nitrogens is 1. The third-order valence-corrected chi connectivity index (χ3v) is 4.94. The van der Waals surface area contributed by atoms with Gasteiger partial charge in [0, 0.05) is 32.1 Å². The number of pyridine rings is 1. The van der Waals surface area contributed by atoms with Crippen molar-refractivity contribution < 1.29 is 14.3 Å². The van der Waals surface area contributed by atoms with Crippen LogP contribution in [0.25, 0.3) is 0 Å². The summed E-state index contributed by atoms with van der Waals surface area (Å²) in [5.41, 5.74) is 0.864. The van der Waals surface area contributed by atoms with E-state index in [9.17, 15) is 9.59 Å². The number of hydrogen-bond acceptors (Lipinski definition) is 5. The molecule has 0 bridgehead atoms. The van der Waals surface area contributed by atoms with E-state index in [1.807, 2.05) is 18.7 Å². The van der Waals surface area contributed by atoms with Crippen molar-refractivity contribution in [3.05, 3.63) is 17.2 Å². The number of hydrogen-bond donors (Lipinski definition) is 2. The Morgan fingerprint density at radius 1 is 1.36 bits per heavy atom. The molecule has 0 spiro atoms. The maximum atomic E-state index is 13.3. The van der Waals surface area contributed by atoms with Crippen LogP contribution in [-0.2, 0) is 4.79 Å². The molecular formula is C20H30N4O3S. The molecule has 2 amide bonds. The van der Waals surface area contributed by atoms with Crippen LogP contribution in [0.4, 0.5) is 5.82 Å². The summed E-state index contributed by atoms with van der Waals surface area (Å²) in [5, 5.41) is 9.27. The Hall–Kier alpha value is -2.24. The highest BCUT2D eigenvalue weighted by Gasteiger charge is 2.30. The van der Waals surface area contributed by atoms with Gasteiger partial charge in [-0.1, -0.05) is 5.92 Å². The Balaban J connectivity index is 2.54. The van der Waals surface area contributed by atoms with Crippen LogP contribution in [0.1, 0.15) is 36.7 Å². The van der Waals surface area contributed by atoms with Gasteiger partial charge in [-0.3, -0.25) is 9.59 Å². The van der Waals surface area contributed by atoms with E-state index in [4.69, 9.17) is 4.74 Å². The molecule has 28 heavy (non-hydrogen) atoms. The summed E-state index contributed by atoms with van der Waals surface area (Å²) < 4.78 is 5.37. The maximum Gasteiger partial charge on any atom is 0.259 e. The minimum Gasteiger partial charge on any atom is -0.480 e. The Bertz CT molecular complexity index is 823. The van der Waals surface area contributed by atoms with Gasteiger partial charge in [0.05, 0.1) is 12.7 Å². The smallest absolute Gasteiger partial charge is 0.259 e. The predicted octanol–water partition coefficient (Wildman–Crippen LogP) is 1.87. The molecule has 1 aliphatic heterocycles. The average molecular weight is 407 g/mol. The summed E-state index contributed by atoms with van der Waals surface area (Å²) in [7, 11) is 0.374. The van der Waals surface area contributed by atoms with Crippen molar-refractivity contribution in [3.8, 4) is 17.1 Å². The quantitative estimate of drug-likeness (QED) is 0.749. The van der Waals surface area contributed by atoms with Gasteiger partial charge in [-0.15, -0.1) is 0 Å². The summed E-state index contributed by atoms with van der Waals surface area (Å²) in [6.07, 6.45) is 6.22. The normalized spacial score (nSPS) is 20.0. The molecule has 8 heteroatoms. The van der Waals surface area contributed by atoms with Gasteiger partial charge in [0.25, 0.3) is 5.91 Å². The first kappa shape index (κ1) is 22.1. The Labute approximate surface area is 168 Å². The molecule has 154 valence electrons. The van der Waals surface area contributed by atoms with Crippen LogP contribution < -0.4 is 15.4 Å². The minimum absolute atomic E-state index is 0.0528. The fraction of sp³-hybridized carbons (Fsp3) is 0.550. The first-order valence-corrected chi connectivity index (χ1v) is 12.0. The van der Waals surface area contributed by atoms with Crippen LogP contribution in [0, 0.1) is 11.2 Å². The van der Waals surface area contributed by atoms with Crippen LogP contribution in [-0.4, -0.2) is 72.7 Å². The average Bonchev–Trinajstić information content (AvgIpc) is 2.60. The summed E-state index contributed by atoms with van der Waals surface area (Å²) in [4.78, 5) is 31.1. The molecule has 1 aromatic rings. The van der Waals surface area contributed by atoms with Gasteiger partial charge >= 0.3 is 0 Å². The van der Waals surface area contributed by atoms with Crippen molar-refractivity contribution in [2.24, 2.45) is 0 Å². The van der Waals surface area contributed by atoms with E-state index in [2.05, 4.69) is 45.6 Å². The first-order valence-electron chi connectivity index (χ1n) is 9.14. The van der Waals surface area contributed by atoms with Crippen LogP contribution in [0.15, 0.2) is 6.07 Å². The Morgan fingerprint density at radius 3 is 2.61 bits per heavy atom. The topological polar surface area (TPSA) is 83.6 Å². The molecule has 1 aliphatic rings. The second-order valence-electron chi connectivity index (χ2n) is 7.80. The molecule has 1 unspecified atom stereocenters. The zero-order valence-electron chi connectivity index (χ0n) is 17.7. The van der Waals surface area contributed by atoms with E-state index < -0.39 is 10.0 Å². The maximum absolute atomic E-state index is 13.3. The molecule has 1 aromatic heterocycles. The zero-order valence-corrected chi connectivity index (χ0v) is 18.5. The minimum atomic E-state index is -1.09. The summed E-state index contributed by atoms with van der Waals surface area (Å²) in [6.45, 7) is 6.79. The van der Waals surface area contributed by atoms with Crippen molar-refractivity contribution in [1.82, 2.24) is 15.2 Å². The molecule has 0 radical (unpaired) electrons. The van der Waals surface area contributed by atoms with Crippen LogP contribution in [0.5, 0.6) is 5.88 Å². The van der Waals surface area contributed by atoms with Gasteiger partial charge in [-0.2, -0.15) is 15.0 Å². The molecule has 0 saturated carbocycles. The first-order chi connectivity index (χ1) is 13.0. The largest absolute Gasteiger partial charge is 0.480 e. The third-order valence-electron chi connectivity index (χ3n) is 4.22. The van der Waals surface area contributed by atoms with Gasteiger partial charge in [-0.05, 0) is 43.9 Å². The standard InChI is InChI=1S/C20H30N4O3S/c1-13-12-24(14(2)11-21-13)20(26)17-10-16(8-9-28(5,6)7)18(22-15(3)25)23-19(17)27-4/h10,13-14,21H,11-12H2,1-7H3,(H,22,23,25)/t13-,14?/m0/s1. The van der Waals surface area contributed by atoms with Crippen LogP contribution >= 0.6 is 10.0 Å². The lowest BCUT2D eigenvalue weighted by atomic mass is 10.1. The second-order valence-corrected chi connectivity index (χ2v) is 11.7. The lowest BCUT2D eigenvalue weighted by Gasteiger charge is -2.37. The highest BCUT2D eigenvalue weighted by molar-refractivity contribution is 8.35. The molecule has 0 aromatic carbocycles. The van der Waals surface area contributed by atoms with E-state index in [0.717, 1.165) is 6.54 Å². The molecule has 2 heterocycles. The lowest BCUT2D eigenvalue weighted by molar-refractivity contribution is -0.114. The lowest BCUT2D eigenvalue weighted by Crippen LogP contribution is -2.56. The van der Waals surface area contributed by atoms with Crippen LogP contribution in [0.2, 0.25) is 0 Å². The number of rotatable bonds is 3. The van der Waals surface area contributed by atoms with Gasteiger partial charge in [0.2, 0.25) is 11.8 Å². The van der Waals surface area contributed by atoms with E-state index >= 15 is 0 Å². The summed E-state index contributed by atoms with van der Waals surface area (Å²) >= 11 is 0. The number of carbonyl (C=O) groups excluding carboxylic acids is 2. The highest BCUT2D eigenvalue weighted by Crippen LogP contribution is 2.33. The number of piperazine rings is 1. The summed E-state index contributed by atoms with van der Waals surface area (Å²) in [5.74, 6) is 3.18. The zero-order chi connectivity index (χ0) is 21.1. The number of carbonyl (C=O) groups is 2. The monoisotopic (exact) mass is 406 g/mol. The SMILES string of the molecule is COc1nc(NC(C)=O)c(C#CS(C)(C)C)cc1C(=O)N1C[C@H](C)NCC1C. The number of nitrogens with zero attached hydrogens (tertiary/aromatic N) is 2. The Kier molecular flexibility index (Phi) is 6.96. The summed E-state index contributed by atoms with van der Waals surface area (Å²) in [6, 6.07) is 1.94. The molecule has 7 nitrogen and oxygen atoms in total. The van der Waals surface area contributed by atoms with E-state index in [1.54, 1.807) is 6.07 Å². The van der Waals surface area contributed by atoms with Crippen molar-refractivity contribution in [2.75, 3.05) is 44.3 Å². The van der Waals surface area contributed by atoms with Gasteiger partial charge in [-0.25, -0.2) is 0 Å². The fourth-order valence-corrected chi connectivity index (χ4v) is 3.25. The van der Waals surface area contributed by atoms with Gasteiger partial charge < -0.3 is 20.3 Å². The predicted molar refractivity (Wildman–Crippen MR) is 115 cm³/mol. The van der Waals surface area contributed by atoms with E-state index in [0.29, 0.717) is 23.5 Å². The second kappa shape index (κ2) is 8.84. The Morgan fingerprint density at radius 2 is 2.04 bits per heavy atom. The number of amides is 2. The third kappa shape index (κ3) is 5.63. The number of nitrogens with one attached hydrogen (secondary N) is 2. The number of ether oxygens (including phenoxy) is 1. The molecule has 1 fully saturated rings. The van der Waals surface area contributed by atoms with Crippen molar-refractivity contribution >= 4 is 27.7 Å². The molecule has 1 saturated heterocycles. The van der Waals surface area contributed by atoms with Crippen molar-refractivity contribution in [1.29, 1.82) is 0 Å². The molecular weight excluding hydrogens is 376 g/mol. The van der Waals surface area contributed by atoms with E-state index in [-0.39, 0.29) is 29.8 Å². The van der Waals surface area contributed by atoms with Crippen molar-refractivity contribution in [3.63, 3.8) is 0 Å². The number of anilines is 1. The number of methoxy groups -OCH3 is 1. The van der Waals surface area contributed by atoms with E-state index in [1.165, 1.54) is 14.0 Å². The van der Waals surface area contributed by atoms with Crippen molar-refractivity contribution in [2.45, 2.75) is 32.9 Å². The molecule has 2 N–H and O–H groups in total. The fourth-order valence-electron chi connectivity index (χ4n) is 2.83. The molecule has 2 rings (SSSR count). The highest BCUT2D eigenvalue weighted by atomic mass is 32.3. The van der Waals surface area contributed by atoms with Crippen LogP contribution in [0.3, 0.4) is 0 Å². The molecule has 2 atom stereocenters.